The fourth-order valence-electron chi connectivity index (χ4n) is 1.26. The second-order valence-electron chi connectivity index (χ2n) is 3.63. The van der Waals surface area contributed by atoms with E-state index in [1.54, 1.807) is 0 Å². The smallest absolute Gasteiger partial charge is 0.253 e. The lowest BCUT2D eigenvalue weighted by Gasteiger charge is -2.14. The summed E-state index contributed by atoms with van der Waals surface area (Å²) >= 11 is 0. The molecule has 0 radical (unpaired) electrons. The van der Waals surface area contributed by atoms with E-state index < -0.39 is 0 Å². The molecule has 1 aliphatic heterocycles. The van der Waals surface area contributed by atoms with Crippen molar-refractivity contribution in [3.8, 4) is 0 Å². The summed E-state index contributed by atoms with van der Waals surface area (Å²) in [5.41, 5.74) is 0. The monoisotopic (exact) mass is 212 g/mol. The number of hydrogen-bond donors (Lipinski definition) is 1. The Balaban J connectivity index is 0.00000225. The van der Waals surface area contributed by atoms with Crippen molar-refractivity contribution >= 4 is 17.7 Å². The highest BCUT2D eigenvalue weighted by atomic mass is 16.2. The molecule has 1 heterocycles. The molecule has 0 bridgehead atoms. The van der Waals surface area contributed by atoms with Crippen molar-refractivity contribution in [3.63, 3.8) is 0 Å². The largest absolute Gasteiger partial charge is 0.354 e. The molecule has 0 unspecified atom stereocenters. The summed E-state index contributed by atoms with van der Waals surface area (Å²) < 4.78 is 0. The van der Waals surface area contributed by atoms with E-state index in [1.165, 1.54) is 12.2 Å². The van der Waals surface area contributed by atoms with Gasteiger partial charge in [-0.15, -0.1) is 0 Å². The highest BCUT2D eigenvalue weighted by molar-refractivity contribution is 6.13. The molecule has 5 heteroatoms. The second-order valence-corrected chi connectivity index (χ2v) is 3.63. The number of rotatable bonds is 4. The summed E-state index contributed by atoms with van der Waals surface area (Å²) in [7, 11) is 0. The summed E-state index contributed by atoms with van der Waals surface area (Å²) in [6.45, 7) is 3.85. The molecule has 84 valence electrons. The fraction of sp³-hybridized carbons (Fsp3) is 0.500. The minimum atomic E-state index is -0.350. The van der Waals surface area contributed by atoms with Gasteiger partial charge >= 0.3 is 0 Å². The van der Waals surface area contributed by atoms with E-state index in [9.17, 15) is 14.4 Å². The molecule has 0 aromatic rings. The fourth-order valence-corrected chi connectivity index (χ4v) is 1.26. The molecule has 1 rings (SSSR count). The molecule has 0 saturated carbocycles. The predicted molar refractivity (Wildman–Crippen MR) is 55.9 cm³/mol. The summed E-state index contributed by atoms with van der Waals surface area (Å²) in [6, 6.07) is 0.0700. The molecular weight excluding hydrogens is 196 g/mol. The SMILES string of the molecule is CC(C)NC(=O)CCN1C(=O)C=CC1=O.[HH]. The number of nitrogens with zero attached hydrogens (tertiary/aromatic N) is 1. The molecule has 1 aliphatic rings. The summed E-state index contributed by atoms with van der Waals surface area (Å²) in [4.78, 5) is 34.5. The Morgan fingerprint density at radius 3 is 2.40 bits per heavy atom. The number of nitrogens with one attached hydrogen (secondary N) is 1. The van der Waals surface area contributed by atoms with E-state index in [2.05, 4.69) is 5.32 Å². The molecule has 1 N–H and O–H groups in total. The van der Waals surface area contributed by atoms with Gasteiger partial charge < -0.3 is 5.32 Å². The van der Waals surface area contributed by atoms with Crippen LogP contribution in [0.25, 0.3) is 0 Å². The number of imide groups is 1. The first kappa shape index (κ1) is 11.4. The van der Waals surface area contributed by atoms with Gasteiger partial charge in [-0.05, 0) is 13.8 Å². The van der Waals surface area contributed by atoms with Crippen molar-refractivity contribution in [1.29, 1.82) is 0 Å². The number of carbonyl (C=O) groups is 3. The van der Waals surface area contributed by atoms with Crippen molar-refractivity contribution in [2.45, 2.75) is 26.3 Å². The molecule has 0 spiro atoms. The minimum Gasteiger partial charge on any atom is -0.354 e. The van der Waals surface area contributed by atoms with Crippen LogP contribution < -0.4 is 5.32 Å². The van der Waals surface area contributed by atoms with Crippen molar-refractivity contribution in [3.05, 3.63) is 12.2 Å². The van der Waals surface area contributed by atoms with Gasteiger partial charge in [0.1, 0.15) is 0 Å². The van der Waals surface area contributed by atoms with E-state index in [-0.39, 0.29) is 38.2 Å². The van der Waals surface area contributed by atoms with Crippen LogP contribution in [-0.2, 0) is 14.4 Å². The van der Waals surface area contributed by atoms with Crippen LogP contribution in [0.5, 0.6) is 0 Å². The van der Waals surface area contributed by atoms with Crippen molar-refractivity contribution in [2.24, 2.45) is 0 Å². The van der Waals surface area contributed by atoms with Crippen LogP contribution in [0.2, 0.25) is 0 Å². The zero-order chi connectivity index (χ0) is 11.4. The summed E-state index contributed by atoms with van der Waals surface area (Å²) in [5.74, 6) is -0.854. The minimum absolute atomic E-state index is 0. The molecule has 15 heavy (non-hydrogen) atoms. The Hall–Kier alpha value is -1.65. The molecule has 0 aromatic heterocycles. The second kappa shape index (κ2) is 4.72. The lowest BCUT2D eigenvalue weighted by molar-refractivity contribution is -0.137. The lowest BCUT2D eigenvalue weighted by Crippen LogP contribution is -2.36. The maximum Gasteiger partial charge on any atom is 0.253 e. The number of amides is 3. The predicted octanol–water partition coefficient (Wildman–Crippen LogP) is 0.0721. The Kier molecular flexibility index (Phi) is 3.60. The average Bonchev–Trinajstić information content (AvgIpc) is 2.42. The molecular formula is C10H16N2O3. The van der Waals surface area contributed by atoms with Gasteiger partial charge in [0, 0.05) is 32.6 Å². The van der Waals surface area contributed by atoms with Gasteiger partial charge in [0.25, 0.3) is 11.8 Å². The van der Waals surface area contributed by atoms with Crippen LogP contribution in [0.3, 0.4) is 0 Å². The topological polar surface area (TPSA) is 66.5 Å². The van der Waals surface area contributed by atoms with Crippen LogP contribution in [-0.4, -0.2) is 35.2 Å². The van der Waals surface area contributed by atoms with E-state index in [1.807, 2.05) is 13.8 Å². The standard InChI is InChI=1S/C10H14N2O3.H2/c1-7(2)11-8(13)5-6-12-9(14)3-4-10(12)15;/h3-4,7H,5-6H2,1-2H3,(H,11,13);1H. The zero-order valence-electron chi connectivity index (χ0n) is 8.82. The van der Waals surface area contributed by atoms with Crippen molar-refractivity contribution in [1.82, 2.24) is 10.2 Å². The highest BCUT2D eigenvalue weighted by Gasteiger charge is 2.23. The maximum absolute atomic E-state index is 11.2. The van der Waals surface area contributed by atoms with Crippen molar-refractivity contribution in [2.75, 3.05) is 6.54 Å². The van der Waals surface area contributed by atoms with E-state index >= 15 is 0 Å². The number of hydrogen-bond acceptors (Lipinski definition) is 3. The van der Waals surface area contributed by atoms with E-state index in [4.69, 9.17) is 0 Å². The number of carbonyl (C=O) groups excluding carboxylic acids is 3. The molecule has 3 amide bonds. The summed E-state index contributed by atoms with van der Waals surface area (Å²) in [5, 5.41) is 2.69. The third-order valence-corrected chi connectivity index (χ3v) is 1.91. The van der Waals surface area contributed by atoms with Crippen LogP contribution in [0, 0.1) is 0 Å². The molecule has 5 nitrogen and oxygen atoms in total. The quantitative estimate of drug-likeness (QED) is 0.671. The zero-order valence-corrected chi connectivity index (χ0v) is 8.82. The normalized spacial score (nSPS) is 15.3. The Morgan fingerprint density at radius 1 is 1.40 bits per heavy atom. The third-order valence-electron chi connectivity index (χ3n) is 1.91. The Bertz CT molecular complexity index is 308. The van der Waals surface area contributed by atoms with Gasteiger partial charge in [-0.25, -0.2) is 0 Å². The third kappa shape index (κ3) is 3.19. The van der Waals surface area contributed by atoms with Gasteiger partial charge in [0.2, 0.25) is 5.91 Å². The Morgan fingerprint density at radius 2 is 1.93 bits per heavy atom. The van der Waals surface area contributed by atoms with Crippen LogP contribution in [0.1, 0.15) is 21.7 Å². The molecule has 0 fully saturated rings. The lowest BCUT2D eigenvalue weighted by atomic mass is 10.3. The first-order valence-corrected chi connectivity index (χ1v) is 4.83. The van der Waals surface area contributed by atoms with E-state index in [0.717, 1.165) is 4.90 Å². The first-order chi connectivity index (χ1) is 7.00. The molecule has 0 atom stereocenters. The van der Waals surface area contributed by atoms with E-state index in [0.29, 0.717) is 0 Å². The van der Waals surface area contributed by atoms with Gasteiger partial charge in [-0.1, -0.05) is 0 Å². The Labute approximate surface area is 89.6 Å². The van der Waals surface area contributed by atoms with Crippen LogP contribution in [0.4, 0.5) is 0 Å². The summed E-state index contributed by atoms with van der Waals surface area (Å²) in [6.07, 6.45) is 2.57. The van der Waals surface area contributed by atoms with Crippen molar-refractivity contribution < 1.29 is 15.8 Å². The highest BCUT2D eigenvalue weighted by Crippen LogP contribution is 2.03. The molecule has 0 aromatic carbocycles. The van der Waals surface area contributed by atoms with Gasteiger partial charge in [-0.3, -0.25) is 19.3 Å². The maximum atomic E-state index is 11.2. The average molecular weight is 212 g/mol. The van der Waals surface area contributed by atoms with Gasteiger partial charge in [-0.2, -0.15) is 0 Å². The van der Waals surface area contributed by atoms with Gasteiger partial charge in [0.05, 0.1) is 0 Å². The van der Waals surface area contributed by atoms with Crippen LogP contribution in [0.15, 0.2) is 12.2 Å². The van der Waals surface area contributed by atoms with Crippen LogP contribution >= 0.6 is 0 Å². The van der Waals surface area contributed by atoms with Gasteiger partial charge in [0.15, 0.2) is 0 Å². The first-order valence-electron chi connectivity index (χ1n) is 4.83. The molecule has 0 aliphatic carbocycles. The molecule has 0 saturated heterocycles.